The highest BCUT2D eigenvalue weighted by molar-refractivity contribution is 5.96. The topological polar surface area (TPSA) is 68.5 Å². The normalized spacial score (nSPS) is 12.1. The molecule has 0 saturated heterocycles. The number of nitrogens with one attached hydrogen (secondary N) is 1. The number of amides is 1. The Morgan fingerprint density at radius 3 is 2.59 bits per heavy atom. The first-order valence-electron chi connectivity index (χ1n) is 6.84. The fourth-order valence-electron chi connectivity index (χ4n) is 1.68. The largest absolute Gasteiger partial charge is 0.465 e. The van der Waals surface area contributed by atoms with Crippen LogP contribution in [0.3, 0.4) is 0 Å². The highest BCUT2D eigenvalue weighted by Gasteiger charge is 2.16. The van der Waals surface area contributed by atoms with Crippen LogP contribution >= 0.6 is 0 Å². The predicted molar refractivity (Wildman–Crippen MR) is 83.1 cm³/mol. The van der Waals surface area contributed by atoms with Crippen molar-refractivity contribution < 1.29 is 18.7 Å². The molecule has 2 rings (SSSR count). The molecule has 0 fully saturated rings. The molecular formula is C17H17NO4. The van der Waals surface area contributed by atoms with Gasteiger partial charge in [0.05, 0.1) is 6.26 Å². The maximum Gasteiger partial charge on any atom is 0.331 e. The molecule has 1 heterocycles. The number of benzene rings is 1. The van der Waals surface area contributed by atoms with E-state index in [9.17, 15) is 9.59 Å². The quantitative estimate of drug-likeness (QED) is 0.680. The molecule has 0 aliphatic carbocycles. The molecule has 5 nitrogen and oxygen atoms in total. The van der Waals surface area contributed by atoms with Crippen LogP contribution in [0, 0.1) is 6.92 Å². The molecule has 22 heavy (non-hydrogen) atoms. The van der Waals surface area contributed by atoms with E-state index in [4.69, 9.17) is 9.15 Å². The van der Waals surface area contributed by atoms with E-state index in [1.807, 2.05) is 19.1 Å². The lowest BCUT2D eigenvalue weighted by Gasteiger charge is -2.12. The second kappa shape index (κ2) is 7.26. The Kier molecular flexibility index (Phi) is 5.14. The molecule has 0 aliphatic rings. The zero-order valence-electron chi connectivity index (χ0n) is 12.4. The second-order valence-electron chi connectivity index (χ2n) is 4.78. The maximum absolute atomic E-state index is 11.9. The Morgan fingerprint density at radius 1 is 1.23 bits per heavy atom. The highest BCUT2D eigenvalue weighted by atomic mass is 16.5. The van der Waals surface area contributed by atoms with Crippen LogP contribution < -0.4 is 5.32 Å². The SMILES string of the molecule is Cc1ccc(NC(=O)[C@@H](C)OC(=O)/C=C/c2ccco2)cc1. The summed E-state index contributed by atoms with van der Waals surface area (Å²) in [6.45, 7) is 3.48. The standard InChI is InChI=1S/C17H17NO4/c1-12-5-7-14(8-6-12)18-17(20)13(2)22-16(19)10-9-15-4-3-11-21-15/h3-11,13H,1-2H3,(H,18,20)/b10-9+/t13-/m1/s1. The predicted octanol–water partition coefficient (Wildman–Crippen LogP) is 3.17. The number of furan rings is 1. The van der Waals surface area contributed by atoms with Gasteiger partial charge in [-0.2, -0.15) is 0 Å². The van der Waals surface area contributed by atoms with Crippen molar-refractivity contribution in [2.24, 2.45) is 0 Å². The van der Waals surface area contributed by atoms with Crippen molar-refractivity contribution in [2.45, 2.75) is 20.0 Å². The molecule has 0 saturated carbocycles. The fraction of sp³-hybridized carbons (Fsp3) is 0.176. The summed E-state index contributed by atoms with van der Waals surface area (Å²) in [4.78, 5) is 23.6. The van der Waals surface area contributed by atoms with Crippen molar-refractivity contribution in [3.8, 4) is 0 Å². The maximum atomic E-state index is 11.9. The summed E-state index contributed by atoms with van der Waals surface area (Å²) in [6.07, 6.45) is 3.31. The molecule has 0 radical (unpaired) electrons. The second-order valence-corrected chi connectivity index (χ2v) is 4.78. The third kappa shape index (κ3) is 4.63. The summed E-state index contributed by atoms with van der Waals surface area (Å²) in [7, 11) is 0. The van der Waals surface area contributed by atoms with Crippen LogP contribution in [0.5, 0.6) is 0 Å². The molecule has 0 unspecified atom stereocenters. The molecule has 1 N–H and O–H groups in total. The van der Waals surface area contributed by atoms with Crippen molar-refractivity contribution in [1.82, 2.24) is 0 Å². The molecule has 1 aromatic carbocycles. The molecule has 5 heteroatoms. The monoisotopic (exact) mass is 299 g/mol. The molecule has 0 bridgehead atoms. The van der Waals surface area contributed by atoms with Crippen molar-refractivity contribution >= 4 is 23.6 Å². The lowest BCUT2D eigenvalue weighted by atomic mass is 10.2. The Bertz CT molecular complexity index is 656. The number of hydrogen-bond donors (Lipinski definition) is 1. The van der Waals surface area contributed by atoms with E-state index >= 15 is 0 Å². The van der Waals surface area contributed by atoms with Gasteiger partial charge in [0.1, 0.15) is 5.76 Å². The number of anilines is 1. The smallest absolute Gasteiger partial charge is 0.331 e. The van der Waals surface area contributed by atoms with Gasteiger partial charge in [0.2, 0.25) is 0 Å². The molecule has 1 aromatic heterocycles. The lowest BCUT2D eigenvalue weighted by Crippen LogP contribution is -2.29. The van der Waals surface area contributed by atoms with Gasteiger partial charge in [0.15, 0.2) is 6.10 Å². The van der Waals surface area contributed by atoms with Crippen LogP contribution in [0.2, 0.25) is 0 Å². The molecule has 2 aromatic rings. The van der Waals surface area contributed by atoms with E-state index in [0.29, 0.717) is 11.4 Å². The van der Waals surface area contributed by atoms with E-state index in [2.05, 4.69) is 5.32 Å². The number of carbonyl (C=O) groups is 2. The number of carbonyl (C=O) groups excluding carboxylic acids is 2. The first kappa shape index (κ1) is 15.6. The molecular weight excluding hydrogens is 282 g/mol. The minimum atomic E-state index is -0.893. The molecule has 0 spiro atoms. The Labute approximate surface area is 128 Å². The van der Waals surface area contributed by atoms with E-state index in [0.717, 1.165) is 5.56 Å². The number of rotatable bonds is 5. The van der Waals surface area contributed by atoms with Gasteiger partial charge in [-0.3, -0.25) is 4.79 Å². The van der Waals surface area contributed by atoms with Crippen molar-refractivity contribution in [3.63, 3.8) is 0 Å². The van der Waals surface area contributed by atoms with Gasteiger partial charge in [0, 0.05) is 11.8 Å². The minimum Gasteiger partial charge on any atom is -0.465 e. The highest BCUT2D eigenvalue weighted by Crippen LogP contribution is 2.10. The fourth-order valence-corrected chi connectivity index (χ4v) is 1.68. The number of esters is 1. The number of aryl methyl sites for hydroxylation is 1. The Balaban J connectivity index is 1.85. The van der Waals surface area contributed by atoms with Gasteiger partial charge in [-0.15, -0.1) is 0 Å². The third-order valence-corrected chi connectivity index (χ3v) is 2.91. The van der Waals surface area contributed by atoms with Crippen LogP contribution in [0.1, 0.15) is 18.2 Å². The lowest BCUT2D eigenvalue weighted by molar-refractivity contribution is -0.148. The van der Waals surface area contributed by atoms with Gasteiger partial charge in [0.25, 0.3) is 5.91 Å². The average molecular weight is 299 g/mol. The zero-order valence-corrected chi connectivity index (χ0v) is 12.4. The minimum absolute atomic E-state index is 0.386. The third-order valence-electron chi connectivity index (χ3n) is 2.91. The molecule has 0 aliphatic heterocycles. The average Bonchev–Trinajstić information content (AvgIpc) is 3.01. The zero-order chi connectivity index (χ0) is 15.9. The van der Waals surface area contributed by atoms with Gasteiger partial charge in [-0.25, -0.2) is 4.79 Å². The van der Waals surface area contributed by atoms with Crippen LogP contribution in [0.4, 0.5) is 5.69 Å². The van der Waals surface area contributed by atoms with Crippen LogP contribution in [-0.4, -0.2) is 18.0 Å². The van der Waals surface area contributed by atoms with E-state index in [1.165, 1.54) is 25.3 Å². The summed E-state index contributed by atoms with van der Waals surface area (Å²) >= 11 is 0. The number of hydrogen-bond acceptors (Lipinski definition) is 4. The number of ether oxygens (including phenoxy) is 1. The van der Waals surface area contributed by atoms with Crippen LogP contribution in [-0.2, 0) is 14.3 Å². The summed E-state index contributed by atoms with van der Waals surface area (Å²) < 4.78 is 10.1. The Hall–Kier alpha value is -2.82. The molecule has 1 atom stereocenters. The van der Waals surface area contributed by atoms with E-state index in [1.54, 1.807) is 24.3 Å². The van der Waals surface area contributed by atoms with Gasteiger partial charge >= 0.3 is 5.97 Å². The van der Waals surface area contributed by atoms with E-state index in [-0.39, 0.29) is 5.91 Å². The van der Waals surface area contributed by atoms with Crippen molar-refractivity contribution in [1.29, 1.82) is 0 Å². The van der Waals surface area contributed by atoms with Gasteiger partial charge in [-0.05, 0) is 44.2 Å². The van der Waals surface area contributed by atoms with Crippen LogP contribution in [0.25, 0.3) is 6.08 Å². The van der Waals surface area contributed by atoms with Gasteiger partial charge in [-0.1, -0.05) is 17.7 Å². The summed E-state index contributed by atoms with van der Waals surface area (Å²) in [5.41, 5.74) is 1.75. The summed E-state index contributed by atoms with van der Waals surface area (Å²) in [5.74, 6) is -0.458. The first-order valence-corrected chi connectivity index (χ1v) is 6.84. The Morgan fingerprint density at radius 2 is 1.95 bits per heavy atom. The first-order chi connectivity index (χ1) is 10.5. The van der Waals surface area contributed by atoms with Crippen molar-refractivity contribution in [3.05, 3.63) is 60.1 Å². The summed E-state index contributed by atoms with van der Waals surface area (Å²) in [5, 5.41) is 2.69. The van der Waals surface area contributed by atoms with Crippen molar-refractivity contribution in [2.75, 3.05) is 5.32 Å². The summed E-state index contributed by atoms with van der Waals surface area (Å²) in [6, 6.07) is 10.8. The van der Waals surface area contributed by atoms with Gasteiger partial charge < -0.3 is 14.5 Å². The van der Waals surface area contributed by atoms with Crippen LogP contribution in [0.15, 0.2) is 53.2 Å². The van der Waals surface area contributed by atoms with E-state index < -0.39 is 12.1 Å². The molecule has 114 valence electrons. The molecule has 1 amide bonds.